The van der Waals surface area contributed by atoms with Gasteiger partial charge in [-0.1, -0.05) is 18.2 Å². The van der Waals surface area contributed by atoms with E-state index in [0.717, 1.165) is 18.6 Å². The third kappa shape index (κ3) is 7.23. The second-order valence-electron chi connectivity index (χ2n) is 7.14. The minimum atomic E-state index is -5.08. The van der Waals surface area contributed by atoms with Crippen molar-refractivity contribution in [3.8, 4) is 5.75 Å². The van der Waals surface area contributed by atoms with Gasteiger partial charge in [-0.3, -0.25) is 9.78 Å². The molecular formula is C22H25F3N2O5. The molecular weight excluding hydrogens is 429 g/mol. The Bertz CT molecular complexity index is 875. The van der Waals surface area contributed by atoms with Crippen molar-refractivity contribution in [1.29, 1.82) is 0 Å². The van der Waals surface area contributed by atoms with Crippen molar-refractivity contribution in [1.82, 2.24) is 9.88 Å². The van der Waals surface area contributed by atoms with Crippen molar-refractivity contribution < 1.29 is 37.3 Å². The number of carbonyl (C=O) groups excluding carboxylic acids is 1. The van der Waals surface area contributed by atoms with E-state index in [0.29, 0.717) is 18.8 Å². The molecule has 0 radical (unpaired) electrons. The van der Waals surface area contributed by atoms with Crippen LogP contribution in [0.25, 0.3) is 0 Å². The van der Waals surface area contributed by atoms with Crippen molar-refractivity contribution in [2.24, 2.45) is 5.92 Å². The molecule has 1 aromatic heterocycles. The number of likely N-dealkylation sites (tertiary alicyclic amines) is 1. The SMILES string of the molecule is COc1ccc(C[C@H]2CN(C(=O)c3ccccn3)CC[C@@H]2OC)cc1.O=C(O)C(F)(F)F. The molecule has 2 heterocycles. The van der Waals surface area contributed by atoms with E-state index in [1.165, 1.54) is 5.56 Å². The predicted octanol–water partition coefficient (Wildman–Crippen LogP) is 3.44. The Kier molecular flexibility index (Phi) is 9.01. The molecule has 7 nitrogen and oxygen atoms in total. The minimum absolute atomic E-state index is 0.00474. The number of carbonyl (C=O) groups is 2. The number of methoxy groups -OCH3 is 2. The van der Waals surface area contributed by atoms with Crippen LogP contribution in [0.15, 0.2) is 48.7 Å². The Morgan fingerprint density at radius 1 is 1.16 bits per heavy atom. The molecule has 0 saturated carbocycles. The maximum Gasteiger partial charge on any atom is 0.490 e. The largest absolute Gasteiger partial charge is 0.497 e. The number of nitrogens with zero attached hydrogens (tertiary/aromatic N) is 2. The zero-order valence-electron chi connectivity index (χ0n) is 17.7. The number of pyridine rings is 1. The van der Waals surface area contributed by atoms with Crippen LogP contribution in [0.5, 0.6) is 5.75 Å². The van der Waals surface area contributed by atoms with Gasteiger partial charge in [0.05, 0.1) is 13.2 Å². The Hall–Kier alpha value is -3.14. The van der Waals surface area contributed by atoms with Crippen LogP contribution in [0.3, 0.4) is 0 Å². The molecule has 32 heavy (non-hydrogen) atoms. The molecule has 0 spiro atoms. The summed E-state index contributed by atoms with van der Waals surface area (Å²) in [5.41, 5.74) is 1.72. The number of carboxylic acids is 1. The Balaban J connectivity index is 0.000000451. The summed E-state index contributed by atoms with van der Waals surface area (Å²) in [6.07, 6.45) is -1.55. The van der Waals surface area contributed by atoms with Gasteiger partial charge in [0.1, 0.15) is 11.4 Å². The van der Waals surface area contributed by atoms with Crippen LogP contribution in [-0.2, 0) is 16.0 Å². The number of rotatable bonds is 5. The predicted molar refractivity (Wildman–Crippen MR) is 109 cm³/mol. The van der Waals surface area contributed by atoms with Gasteiger partial charge < -0.3 is 19.5 Å². The van der Waals surface area contributed by atoms with Crippen LogP contribution < -0.4 is 4.74 Å². The lowest BCUT2D eigenvalue weighted by Crippen LogP contribution is -2.47. The number of carboxylic acid groups (broad SMARTS) is 1. The van der Waals surface area contributed by atoms with Gasteiger partial charge >= 0.3 is 12.1 Å². The molecule has 0 bridgehead atoms. The summed E-state index contributed by atoms with van der Waals surface area (Å²) >= 11 is 0. The Morgan fingerprint density at radius 3 is 2.31 bits per heavy atom. The van der Waals surface area contributed by atoms with E-state index in [4.69, 9.17) is 19.4 Å². The van der Waals surface area contributed by atoms with Crippen LogP contribution >= 0.6 is 0 Å². The molecule has 0 aliphatic carbocycles. The summed E-state index contributed by atoms with van der Waals surface area (Å²) in [6.45, 7) is 1.38. The fourth-order valence-electron chi connectivity index (χ4n) is 3.42. The van der Waals surface area contributed by atoms with Crippen LogP contribution in [0.1, 0.15) is 22.5 Å². The van der Waals surface area contributed by atoms with Gasteiger partial charge in [0.15, 0.2) is 0 Å². The van der Waals surface area contributed by atoms with E-state index in [9.17, 15) is 18.0 Å². The molecule has 1 saturated heterocycles. The lowest BCUT2D eigenvalue weighted by Gasteiger charge is -2.38. The van der Waals surface area contributed by atoms with Crippen LogP contribution in [-0.4, -0.2) is 66.5 Å². The Morgan fingerprint density at radius 2 is 1.81 bits per heavy atom. The third-order valence-electron chi connectivity index (χ3n) is 5.04. The molecule has 1 aliphatic rings. The molecule has 1 N–H and O–H groups in total. The highest BCUT2D eigenvalue weighted by Crippen LogP contribution is 2.25. The lowest BCUT2D eigenvalue weighted by atomic mass is 9.88. The van der Waals surface area contributed by atoms with E-state index in [2.05, 4.69) is 17.1 Å². The number of aliphatic carboxylic acids is 1. The van der Waals surface area contributed by atoms with E-state index in [1.54, 1.807) is 26.5 Å². The van der Waals surface area contributed by atoms with E-state index >= 15 is 0 Å². The average molecular weight is 454 g/mol. The molecule has 1 aromatic carbocycles. The van der Waals surface area contributed by atoms with E-state index in [1.807, 2.05) is 29.2 Å². The van der Waals surface area contributed by atoms with Gasteiger partial charge in [-0.05, 0) is 42.7 Å². The van der Waals surface area contributed by atoms with Gasteiger partial charge in [-0.2, -0.15) is 13.2 Å². The molecule has 1 fully saturated rings. The number of alkyl halides is 3. The van der Waals surface area contributed by atoms with Crippen molar-refractivity contribution >= 4 is 11.9 Å². The number of ether oxygens (including phenoxy) is 2. The summed E-state index contributed by atoms with van der Waals surface area (Å²) in [4.78, 5) is 27.7. The molecule has 1 amide bonds. The highest BCUT2D eigenvalue weighted by Gasteiger charge is 2.38. The van der Waals surface area contributed by atoms with Crippen LogP contribution in [0.2, 0.25) is 0 Å². The molecule has 2 atom stereocenters. The molecule has 10 heteroatoms. The number of hydrogen-bond acceptors (Lipinski definition) is 5. The van der Waals surface area contributed by atoms with Gasteiger partial charge in [-0.25, -0.2) is 4.79 Å². The summed E-state index contributed by atoms with van der Waals surface area (Å²) in [5.74, 6) is -1.65. The maximum atomic E-state index is 12.7. The fraction of sp³-hybridized carbons (Fsp3) is 0.409. The minimum Gasteiger partial charge on any atom is -0.497 e. The number of piperidine rings is 1. The summed E-state index contributed by atoms with van der Waals surface area (Å²) in [6, 6.07) is 13.5. The quantitative estimate of drug-likeness (QED) is 0.745. The Labute approximate surface area is 183 Å². The smallest absolute Gasteiger partial charge is 0.490 e. The highest BCUT2D eigenvalue weighted by atomic mass is 19.4. The normalized spacial score (nSPS) is 18.3. The number of aromatic nitrogens is 1. The lowest BCUT2D eigenvalue weighted by molar-refractivity contribution is -0.192. The fourth-order valence-corrected chi connectivity index (χ4v) is 3.42. The third-order valence-corrected chi connectivity index (χ3v) is 5.04. The van der Waals surface area contributed by atoms with Crippen molar-refractivity contribution in [3.63, 3.8) is 0 Å². The number of hydrogen-bond donors (Lipinski definition) is 1. The zero-order valence-corrected chi connectivity index (χ0v) is 17.7. The van der Waals surface area contributed by atoms with E-state index < -0.39 is 12.1 Å². The first kappa shape index (κ1) is 25.1. The standard InChI is InChI=1S/C20H24N2O3.C2HF3O2/c1-24-17-8-6-15(7-9-17)13-16-14-22(12-10-19(16)25-2)20(23)18-5-3-4-11-21-18;3-2(4,5)1(6)7/h3-9,11,16,19H,10,12-14H2,1-2H3;(H,6,7)/t16-,19-;/m0./s1. The first-order valence-corrected chi connectivity index (χ1v) is 9.81. The summed E-state index contributed by atoms with van der Waals surface area (Å²) < 4.78 is 42.6. The first-order chi connectivity index (χ1) is 15.2. The number of benzene rings is 1. The number of amides is 1. The topological polar surface area (TPSA) is 89.0 Å². The molecule has 3 rings (SSSR count). The molecule has 2 aromatic rings. The van der Waals surface area contributed by atoms with Crippen LogP contribution in [0.4, 0.5) is 13.2 Å². The highest BCUT2D eigenvalue weighted by molar-refractivity contribution is 5.92. The monoisotopic (exact) mass is 454 g/mol. The molecule has 1 aliphatic heterocycles. The summed E-state index contributed by atoms with van der Waals surface area (Å²) in [5, 5.41) is 7.12. The first-order valence-electron chi connectivity index (χ1n) is 9.81. The zero-order chi connectivity index (χ0) is 23.7. The second-order valence-corrected chi connectivity index (χ2v) is 7.14. The number of halogens is 3. The van der Waals surface area contributed by atoms with Gasteiger partial charge in [0, 0.05) is 32.3 Å². The van der Waals surface area contributed by atoms with Gasteiger partial charge in [-0.15, -0.1) is 0 Å². The summed E-state index contributed by atoms with van der Waals surface area (Å²) in [7, 11) is 3.42. The molecule has 0 unspecified atom stereocenters. The van der Waals surface area contributed by atoms with Crippen LogP contribution in [0, 0.1) is 5.92 Å². The van der Waals surface area contributed by atoms with Crippen molar-refractivity contribution in [3.05, 3.63) is 59.9 Å². The van der Waals surface area contributed by atoms with Crippen molar-refractivity contribution in [2.75, 3.05) is 27.3 Å². The van der Waals surface area contributed by atoms with Crippen molar-refractivity contribution in [2.45, 2.75) is 25.1 Å². The average Bonchev–Trinajstić information content (AvgIpc) is 2.79. The molecule has 174 valence electrons. The second kappa shape index (κ2) is 11.5. The van der Waals surface area contributed by atoms with Gasteiger partial charge in [0.25, 0.3) is 5.91 Å². The maximum absolute atomic E-state index is 12.7. The van der Waals surface area contributed by atoms with E-state index in [-0.39, 0.29) is 17.9 Å². The van der Waals surface area contributed by atoms with Gasteiger partial charge in [0.2, 0.25) is 0 Å².